The van der Waals surface area contributed by atoms with Crippen molar-refractivity contribution in [2.45, 2.75) is 69.3 Å². The summed E-state index contributed by atoms with van der Waals surface area (Å²) in [4.78, 5) is 0. The summed E-state index contributed by atoms with van der Waals surface area (Å²) in [5, 5.41) is 10.6. The van der Waals surface area contributed by atoms with E-state index in [1.54, 1.807) is 0 Å². The number of halogens is 4. The summed E-state index contributed by atoms with van der Waals surface area (Å²) in [5.74, 6) is -9.18. The molecule has 0 aromatic carbocycles. The Morgan fingerprint density at radius 1 is 1.12 bits per heavy atom. The van der Waals surface area contributed by atoms with E-state index in [0.717, 1.165) is 32.1 Å². The highest BCUT2D eigenvalue weighted by molar-refractivity contribution is 7.86. The van der Waals surface area contributed by atoms with Gasteiger partial charge >= 0.3 is 11.8 Å². The largest absolute Gasteiger partial charge is 0.390 e. The molecular weight excluding hydrogens is 364 g/mol. The van der Waals surface area contributed by atoms with Crippen LogP contribution in [0.25, 0.3) is 0 Å². The molecule has 4 aliphatic carbocycles. The molecule has 4 aliphatic rings. The van der Waals surface area contributed by atoms with Crippen LogP contribution in [-0.4, -0.2) is 43.3 Å². The van der Waals surface area contributed by atoms with Crippen LogP contribution in [0.5, 0.6) is 0 Å². The smallest absolute Gasteiger partial charge is 0.311 e. The molecule has 0 spiro atoms. The molecule has 0 heterocycles. The summed E-state index contributed by atoms with van der Waals surface area (Å²) in [6.07, 6.45) is 2.93. The maximum Gasteiger partial charge on any atom is 0.311 e. The van der Waals surface area contributed by atoms with Crippen LogP contribution in [0.2, 0.25) is 0 Å². The molecule has 146 valence electrons. The molecule has 4 nitrogen and oxygen atoms in total. The fourth-order valence-electron chi connectivity index (χ4n) is 5.32. The Labute approximate surface area is 145 Å². The van der Waals surface area contributed by atoms with Crippen molar-refractivity contribution in [3.05, 3.63) is 0 Å². The van der Waals surface area contributed by atoms with Gasteiger partial charge in [-0.15, -0.1) is 0 Å². The maximum absolute atomic E-state index is 13.3. The topological polar surface area (TPSA) is 63.6 Å². The fourth-order valence-corrected chi connectivity index (χ4v) is 6.37. The van der Waals surface area contributed by atoms with Crippen molar-refractivity contribution in [2.24, 2.45) is 17.3 Å². The summed E-state index contributed by atoms with van der Waals surface area (Å²) in [6, 6.07) is 0. The van der Waals surface area contributed by atoms with Gasteiger partial charge in [-0.3, -0.25) is 4.18 Å². The first-order valence-corrected chi connectivity index (χ1v) is 10.2. The number of hydrogen-bond acceptors (Lipinski definition) is 4. The third-order valence-electron chi connectivity index (χ3n) is 6.00. The zero-order valence-electron chi connectivity index (χ0n) is 14.1. The number of hydrogen-bond donors (Lipinski definition) is 1. The lowest BCUT2D eigenvalue weighted by Crippen LogP contribution is -2.57. The average Bonchev–Trinajstić information content (AvgIpc) is 2.40. The highest BCUT2D eigenvalue weighted by atomic mass is 32.2. The normalized spacial score (nSPS) is 38.3. The van der Waals surface area contributed by atoms with E-state index >= 15 is 0 Å². The highest BCUT2D eigenvalue weighted by Gasteiger charge is 2.57. The van der Waals surface area contributed by atoms with E-state index in [1.165, 1.54) is 0 Å². The van der Waals surface area contributed by atoms with Gasteiger partial charge in [-0.2, -0.15) is 17.2 Å². The molecule has 0 amide bonds. The van der Waals surface area contributed by atoms with Crippen LogP contribution < -0.4 is 0 Å². The van der Waals surface area contributed by atoms with Crippen LogP contribution in [0, 0.1) is 17.3 Å². The molecule has 4 saturated carbocycles. The highest BCUT2D eigenvalue weighted by Crippen LogP contribution is 2.61. The first-order chi connectivity index (χ1) is 11.2. The number of aliphatic hydroxyl groups is 1. The Kier molecular flexibility index (Phi) is 4.48. The van der Waals surface area contributed by atoms with Crippen LogP contribution in [0.1, 0.15) is 51.9 Å². The van der Waals surface area contributed by atoms with Crippen molar-refractivity contribution in [1.29, 1.82) is 0 Å². The van der Waals surface area contributed by atoms with E-state index < -0.39 is 45.2 Å². The molecule has 25 heavy (non-hydrogen) atoms. The van der Waals surface area contributed by atoms with Crippen LogP contribution in [0.4, 0.5) is 17.6 Å². The Bertz CT molecular complexity index is 615. The third kappa shape index (κ3) is 3.98. The monoisotopic (exact) mass is 388 g/mol. The van der Waals surface area contributed by atoms with Gasteiger partial charge in [0.25, 0.3) is 10.1 Å². The Morgan fingerprint density at radius 2 is 1.68 bits per heavy atom. The lowest BCUT2D eigenvalue weighted by molar-refractivity contribution is -0.198. The number of rotatable bonds is 7. The molecule has 9 heteroatoms. The molecular formula is C16H24F4O4S. The van der Waals surface area contributed by atoms with Crippen LogP contribution in [0.15, 0.2) is 0 Å². The molecule has 0 saturated heterocycles. The first kappa shape index (κ1) is 19.4. The Morgan fingerprint density at radius 3 is 2.16 bits per heavy atom. The van der Waals surface area contributed by atoms with E-state index in [-0.39, 0.29) is 13.5 Å². The minimum Gasteiger partial charge on any atom is -0.390 e. The standard InChI is InChI=1S/C16H24F4O4S/c1-13(17,18)16(19,20)2-3-25(22,23)24-10-14-5-11-4-12(6-14)8-15(21,7-11)9-14/h11-12,21H,2-10H2,1H3. The SMILES string of the molecule is CC(F)(F)C(F)(F)CCS(=O)(=O)OCC12CC3CC(CC(O)(C3)C1)C2. The number of alkyl halides is 4. The molecule has 2 atom stereocenters. The van der Waals surface area contributed by atoms with Crippen LogP contribution in [-0.2, 0) is 14.3 Å². The molecule has 4 bridgehead atoms. The maximum atomic E-state index is 13.3. The minimum absolute atomic E-state index is 0.0661. The summed E-state index contributed by atoms with van der Waals surface area (Å²) >= 11 is 0. The van der Waals surface area contributed by atoms with Gasteiger partial charge in [-0.1, -0.05) is 0 Å². The van der Waals surface area contributed by atoms with Gasteiger partial charge in [0.05, 0.1) is 18.0 Å². The van der Waals surface area contributed by atoms with Crippen molar-refractivity contribution in [2.75, 3.05) is 12.4 Å². The second-order valence-corrected chi connectivity index (χ2v) is 10.3. The first-order valence-electron chi connectivity index (χ1n) is 8.58. The van der Waals surface area contributed by atoms with E-state index in [1.807, 2.05) is 0 Å². The molecule has 0 aromatic heterocycles. The second-order valence-electron chi connectivity index (χ2n) is 8.55. The Balaban J connectivity index is 1.59. The summed E-state index contributed by atoms with van der Waals surface area (Å²) < 4.78 is 80.9. The van der Waals surface area contributed by atoms with Gasteiger partial charge in [-0.25, -0.2) is 8.78 Å². The van der Waals surface area contributed by atoms with Gasteiger partial charge in [0, 0.05) is 13.3 Å². The predicted molar refractivity (Wildman–Crippen MR) is 82.0 cm³/mol. The predicted octanol–water partition coefficient (Wildman–Crippen LogP) is 3.34. The van der Waals surface area contributed by atoms with E-state index in [2.05, 4.69) is 0 Å². The van der Waals surface area contributed by atoms with Gasteiger partial charge in [-0.05, 0) is 55.8 Å². The summed E-state index contributed by atoms with van der Waals surface area (Å²) in [6.45, 7) is -0.102. The molecule has 0 aliphatic heterocycles. The second kappa shape index (κ2) is 5.79. The van der Waals surface area contributed by atoms with Gasteiger partial charge in [0.2, 0.25) is 0 Å². The Hall–Kier alpha value is -0.410. The van der Waals surface area contributed by atoms with E-state index in [0.29, 0.717) is 18.3 Å². The molecule has 1 N–H and O–H groups in total. The minimum atomic E-state index is -4.40. The van der Waals surface area contributed by atoms with Crippen molar-refractivity contribution in [1.82, 2.24) is 0 Å². The van der Waals surface area contributed by atoms with Gasteiger partial charge in [0.15, 0.2) is 0 Å². The van der Waals surface area contributed by atoms with Crippen molar-refractivity contribution >= 4 is 10.1 Å². The van der Waals surface area contributed by atoms with Crippen LogP contribution in [0.3, 0.4) is 0 Å². The summed E-state index contributed by atoms with van der Waals surface area (Å²) in [5.41, 5.74) is -1.24. The molecule has 4 rings (SSSR count). The molecule has 0 aromatic rings. The summed E-state index contributed by atoms with van der Waals surface area (Å²) in [7, 11) is -4.33. The third-order valence-corrected chi connectivity index (χ3v) is 7.19. The van der Waals surface area contributed by atoms with E-state index in [9.17, 15) is 31.1 Å². The van der Waals surface area contributed by atoms with E-state index in [4.69, 9.17) is 4.18 Å². The zero-order valence-corrected chi connectivity index (χ0v) is 14.9. The van der Waals surface area contributed by atoms with Crippen molar-refractivity contribution in [3.8, 4) is 0 Å². The van der Waals surface area contributed by atoms with Gasteiger partial charge in [0.1, 0.15) is 0 Å². The molecule has 2 unspecified atom stereocenters. The average molecular weight is 388 g/mol. The van der Waals surface area contributed by atoms with Gasteiger partial charge < -0.3 is 5.11 Å². The van der Waals surface area contributed by atoms with Crippen molar-refractivity contribution < 1.29 is 35.3 Å². The van der Waals surface area contributed by atoms with Crippen LogP contribution >= 0.6 is 0 Å². The van der Waals surface area contributed by atoms with Crippen molar-refractivity contribution in [3.63, 3.8) is 0 Å². The quantitative estimate of drug-likeness (QED) is 0.537. The lowest BCUT2D eigenvalue weighted by Gasteiger charge is -2.60. The zero-order chi connectivity index (χ0) is 18.7. The molecule has 0 radical (unpaired) electrons. The fraction of sp³-hybridized carbons (Fsp3) is 1.00. The lowest BCUT2D eigenvalue weighted by atomic mass is 9.48. The molecule has 4 fully saturated rings.